The van der Waals surface area contributed by atoms with Gasteiger partial charge < -0.3 is 33.2 Å². The zero-order chi connectivity index (χ0) is 31.3. The van der Waals surface area contributed by atoms with E-state index < -0.39 is 30.6 Å². The topological polar surface area (TPSA) is 152 Å². The second-order valence-corrected chi connectivity index (χ2v) is 9.97. The van der Waals surface area contributed by atoms with E-state index in [0.29, 0.717) is 6.61 Å². The summed E-state index contributed by atoms with van der Waals surface area (Å²) in [6.45, 7) is 0.929. The Kier molecular flexibility index (Phi) is 11.5. The molecule has 1 saturated heterocycles. The van der Waals surface area contributed by atoms with Crippen molar-refractivity contribution in [1.29, 1.82) is 0 Å². The largest absolute Gasteiger partial charge is 0.467 e. The Morgan fingerprint density at radius 3 is 1.69 bits per heavy atom. The van der Waals surface area contributed by atoms with Crippen molar-refractivity contribution in [2.24, 2.45) is 5.11 Å². The van der Waals surface area contributed by atoms with Gasteiger partial charge in [0.1, 0.15) is 24.4 Å². The molecule has 0 saturated carbocycles. The quantitative estimate of drug-likeness (QED) is 0.101. The Bertz CT molecular complexity index is 1490. The van der Waals surface area contributed by atoms with Gasteiger partial charge in [-0.15, -0.1) is 15.0 Å². The molecule has 1 fully saturated rings. The van der Waals surface area contributed by atoms with Gasteiger partial charge in [-0.1, -0.05) is 96.1 Å². The molecule has 5 rings (SSSR count). The molecular weight excluding hydrogens is 580 g/mol. The maximum absolute atomic E-state index is 9.64. The van der Waals surface area contributed by atoms with Crippen LogP contribution in [0.1, 0.15) is 16.7 Å². The minimum atomic E-state index is -1.19. The summed E-state index contributed by atoms with van der Waals surface area (Å²) in [6.07, 6.45) is -3.44. The number of benzene rings is 3. The zero-order valence-electron chi connectivity index (χ0n) is 24.9. The Balaban J connectivity index is 1.46. The molecular formula is C32H34N6O7. The van der Waals surface area contributed by atoms with Crippen molar-refractivity contribution in [1.82, 2.24) is 15.0 Å². The number of azide groups is 1. The zero-order valence-corrected chi connectivity index (χ0v) is 24.9. The van der Waals surface area contributed by atoms with Crippen molar-refractivity contribution in [3.8, 4) is 18.0 Å². The van der Waals surface area contributed by atoms with Crippen LogP contribution in [0.4, 0.5) is 0 Å². The summed E-state index contributed by atoms with van der Waals surface area (Å²) < 4.78 is 41.9. The molecule has 13 nitrogen and oxygen atoms in total. The van der Waals surface area contributed by atoms with Crippen molar-refractivity contribution in [3.05, 3.63) is 118 Å². The molecule has 2 heterocycles. The van der Waals surface area contributed by atoms with Gasteiger partial charge in [0.05, 0.1) is 40.6 Å². The van der Waals surface area contributed by atoms with Crippen LogP contribution < -0.4 is 14.2 Å². The molecule has 5 atom stereocenters. The van der Waals surface area contributed by atoms with Gasteiger partial charge in [-0.25, -0.2) is 0 Å². The van der Waals surface area contributed by atoms with Gasteiger partial charge in [0, 0.05) is 4.91 Å². The lowest BCUT2D eigenvalue weighted by atomic mass is 9.96. The van der Waals surface area contributed by atoms with E-state index in [4.69, 9.17) is 33.2 Å². The van der Waals surface area contributed by atoms with Gasteiger partial charge >= 0.3 is 18.0 Å². The van der Waals surface area contributed by atoms with Gasteiger partial charge in [0.2, 0.25) is 6.29 Å². The minimum absolute atomic E-state index is 0.0308. The van der Waals surface area contributed by atoms with Crippen molar-refractivity contribution >= 4 is 0 Å². The summed E-state index contributed by atoms with van der Waals surface area (Å²) in [6, 6.07) is 27.9. The first-order valence-corrected chi connectivity index (χ1v) is 14.3. The summed E-state index contributed by atoms with van der Waals surface area (Å²) in [7, 11) is 2.81. The highest BCUT2D eigenvalue weighted by atomic mass is 16.7. The van der Waals surface area contributed by atoms with E-state index in [2.05, 4.69) is 25.0 Å². The van der Waals surface area contributed by atoms with Crippen LogP contribution in [0.25, 0.3) is 10.4 Å². The van der Waals surface area contributed by atoms with Crippen LogP contribution in [0.3, 0.4) is 0 Å². The Labute approximate surface area is 260 Å². The molecule has 0 radical (unpaired) electrons. The van der Waals surface area contributed by atoms with Crippen molar-refractivity contribution in [2.75, 3.05) is 20.8 Å². The lowest BCUT2D eigenvalue weighted by molar-refractivity contribution is -0.267. The fourth-order valence-corrected chi connectivity index (χ4v) is 4.76. The molecule has 1 unspecified atom stereocenters. The molecule has 234 valence electrons. The number of methoxy groups -OCH3 is 2. The van der Waals surface area contributed by atoms with Gasteiger partial charge in [-0.3, -0.25) is 0 Å². The third-order valence-corrected chi connectivity index (χ3v) is 6.92. The molecule has 0 spiro atoms. The van der Waals surface area contributed by atoms with E-state index in [0.717, 1.165) is 16.7 Å². The molecule has 0 aliphatic carbocycles. The van der Waals surface area contributed by atoms with Crippen molar-refractivity contribution in [2.45, 2.75) is 50.5 Å². The van der Waals surface area contributed by atoms with E-state index in [1.807, 2.05) is 91.0 Å². The average Bonchev–Trinajstić information content (AvgIpc) is 3.09. The normalized spacial score (nSPS) is 21.0. The standard InChI is InChI=1S/C32H34N6O7/c1-39-30-34-31(40-2)36-32(35-30)45-29-26(37-38-33)28(43-20-24-16-10-5-11-17-24)27(42-19-23-14-8-4-9-15-23)25(44-29)21-41-18-22-12-6-3-7-13-22/h3-17,25-29H,18-21H2,1-2H3/t25-,26-,27-,28-,29?/m1/s1. The van der Waals surface area contributed by atoms with Crippen LogP contribution in [0.15, 0.2) is 96.1 Å². The highest BCUT2D eigenvalue weighted by Gasteiger charge is 2.49. The molecule has 45 heavy (non-hydrogen) atoms. The summed E-state index contributed by atoms with van der Waals surface area (Å²) in [5.41, 5.74) is 12.5. The minimum Gasteiger partial charge on any atom is -0.467 e. The van der Waals surface area contributed by atoms with E-state index in [1.165, 1.54) is 14.2 Å². The van der Waals surface area contributed by atoms with Crippen LogP contribution in [0.2, 0.25) is 0 Å². The molecule has 1 aliphatic heterocycles. The van der Waals surface area contributed by atoms with Crippen LogP contribution in [-0.4, -0.2) is 66.4 Å². The lowest BCUT2D eigenvalue weighted by Crippen LogP contribution is -2.61. The number of ether oxygens (including phenoxy) is 7. The summed E-state index contributed by atoms with van der Waals surface area (Å²) in [5, 5.41) is 4.06. The molecule has 0 bridgehead atoms. The van der Waals surface area contributed by atoms with Crippen molar-refractivity contribution in [3.63, 3.8) is 0 Å². The predicted octanol–water partition coefficient (Wildman–Crippen LogP) is 5.06. The van der Waals surface area contributed by atoms with Crippen LogP contribution >= 0.6 is 0 Å². The monoisotopic (exact) mass is 614 g/mol. The lowest BCUT2D eigenvalue weighted by Gasteiger charge is -2.44. The SMILES string of the molecule is COc1nc(OC)nc(OC2O[C@H](COCc3ccccc3)[C@@H](OCc3ccccc3)[C@H](OCc3ccccc3)[C@H]2N=[N+]=[N-])n1. The first-order valence-electron chi connectivity index (χ1n) is 14.3. The summed E-state index contributed by atoms with van der Waals surface area (Å²) in [4.78, 5) is 15.4. The molecule has 13 heteroatoms. The fraction of sp³-hybridized carbons (Fsp3) is 0.344. The maximum Gasteiger partial charge on any atom is 0.328 e. The van der Waals surface area contributed by atoms with Gasteiger partial charge in [-0.05, 0) is 22.2 Å². The molecule has 3 aromatic carbocycles. The highest BCUT2D eigenvalue weighted by molar-refractivity contribution is 5.16. The Morgan fingerprint density at radius 1 is 0.689 bits per heavy atom. The van der Waals surface area contributed by atoms with Gasteiger partial charge in [0.25, 0.3) is 0 Å². The second kappa shape index (κ2) is 16.3. The third kappa shape index (κ3) is 8.88. The maximum atomic E-state index is 9.64. The molecule has 0 amide bonds. The fourth-order valence-electron chi connectivity index (χ4n) is 4.76. The van der Waals surface area contributed by atoms with Crippen LogP contribution in [-0.2, 0) is 38.8 Å². The third-order valence-electron chi connectivity index (χ3n) is 6.92. The van der Waals surface area contributed by atoms with Crippen molar-refractivity contribution < 1.29 is 33.2 Å². The van der Waals surface area contributed by atoms with E-state index in [1.54, 1.807) is 0 Å². The Hall–Kier alpha value is -4.78. The van der Waals surface area contributed by atoms with Gasteiger partial charge in [-0.2, -0.15) is 0 Å². The van der Waals surface area contributed by atoms with Crippen LogP contribution in [0, 0.1) is 0 Å². The highest BCUT2D eigenvalue weighted by Crippen LogP contribution is 2.32. The predicted molar refractivity (Wildman–Crippen MR) is 161 cm³/mol. The molecule has 1 aliphatic rings. The van der Waals surface area contributed by atoms with Gasteiger partial charge in [0.15, 0.2) is 0 Å². The Morgan fingerprint density at radius 2 is 1.18 bits per heavy atom. The van der Waals surface area contributed by atoms with E-state index in [9.17, 15) is 5.53 Å². The molecule has 0 N–H and O–H groups in total. The molecule has 4 aromatic rings. The smallest absolute Gasteiger partial charge is 0.328 e. The number of hydrogen-bond donors (Lipinski definition) is 0. The summed E-state index contributed by atoms with van der Waals surface area (Å²) >= 11 is 0. The summed E-state index contributed by atoms with van der Waals surface area (Å²) in [5.74, 6) is 0. The van der Waals surface area contributed by atoms with Crippen LogP contribution in [0.5, 0.6) is 18.0 Å². The number of rotatable bonds is 15. The number of nitrogens with zero attached hydrogens (tertiary/aromatic N) is 6. The van der Waals surface area contributed by atoms with E-state index in [-0.39, 0.29) is 37.9 Å². The first-order chi connectivity index (χ1) is 22.2. The average molecular weight is 615 g/mol. The number of aromatic nitrogens is 3. The number of hydrogen-bond acceptors (Lipinski definition) is 11. The first kappa shape index (κ1) is 31.6. The second-order valence-electron chi connectivity index (χ2n) is 9.97. The van der Waals surface area contributed by atoms with E-state index >= 15 is 0 Å². The molecule has 1 aromatic heterocycles.